The molecule has 0 atom stereocenters. The van der Waals surface area contributed by atoms with Gasteiger partial charge in [-0.2, -0.15) is 0 Å². The highest BCUT2D eigenvalue weighted by Crippen LogP contribution is 2.32. The lowest BCUT2D eigenvalue weighted by atomic mass is 9.96. The van der Waals surface area contributed by atoms with Crippen LogP contribution in [0.5, 0.6) is 11.5 Å². The standard InChI is InChI=1S/C18H23N3O4/c22-17(13-3-5-19-6-4-13)20-7-9-21(10-8-20)18(23)14-1-2-15-16(11-14)25-12-24-15/h1-2,11,13,19H,3-10,12H2. The molecule has 1 aromatic carbocycles. The third kappa shape index (κ3) is 3.28. The lowest BCUT2D eigenvalue weighted by molar-refractivity contribution is -0.137. The highest BCUT2D eigenvalue weighted by molar-refractivity contribution is 5.95. The van der Waals surface area contributed by atoms with E-state index < -0.39 is 0 Å². The van der Waals surface area contributed by atoms with Gasteiger partial charge >= 0.3 is 0 Å². The predicted octanol–water partition coefficient (Wildman–Crippen LogP) is 0.699. The average molecular weight is 345 g/mol. The second-order valence-corrected chi connectivity index (χ2v) is 6.71. The van der Waals surface area contributed by atoms with Gasteiger partial charge in [-0.05, 0) is 44.1 Å². The van der Waals surface area contributed by atoms with Crippen molar-refractivity contribution in [3.05, 3.63) is 23.8 Å². The van der Waals surface area contributed by atoms with Gasteiger partial charge in [0.2, 0.25) is 12.7 Å². The van der Waals surface area contributed by atoms with Crippen molar-refractivity contribution >= 4 is 11.8 Å². The molecule has 2 fully saturated rings. The first-order valence-corrected chi connectivity index (χ1v) is 8.91. The first-order chi connectivity index (χ1) is 12.2. The molecule has 3 aliphatic heterocycles. The number of hydrogen-bond donors (Lipinski definition) is 1. The summed E-state index contributed by atoms with van der Waals surface area (Å²) in [6, 6.07) is 5.27. The van der Waals surface area contributed by atoms with Crippen molar-refractivity contribution < 1.29 is 19.1 Å². The zero-order valence-electron chi connectivity index (χ0n) is 14.2. The van der Waals surface area contributed by atoms with Crippen molar-refractivity contribution in [2.24, 2.45) is 5.92 Å². The molecule has 0 spiro atoms. The molecule has 3 aliphatic rings. The molecule has 2 amide bonds. The number of piperidine rings is 1. The second kappa shape index (κ2) is 6.92. The van der Waals surface area contributed by atoms with Gasteiger partial charge in [-0.15, -0.1) is 0 Å². The molecule has 7 nitrogen and oxygen atoms in total. The average Bonchev–Trinajstić information content (AvgIpc) is 3.15. The van der Waals surface area contributed by atoms with E-state index in [0.29, 0.717) is 43.2 Å². The van der Waals surface area contributed by atoms with Crippen molar-refractivity contribution in [1.82, 2.24) is 15.1 Å². The maximum Gasteiger partial charge on any atom is 0.254 e. The number of carbonyl (C=O) groups is 2. The van der Waals surface area contributed by atoms with Crippen molar-refractivity contribution in [2.75, 3.05) is 46.1 Å². The molecule has 2 saturated heterocycles. The molecular formula is C18H23N3O4. The number of fused-ring (bicyclic) bond motifs is 1. The number of amides is 2. The Labute approximate surface area is 146 Å². The highest BCUT2D eigenvalue weighted by atomic mass is 16.7. The molecule has 0 radical (unpaired) electrons. The summed E-state index contributed by atoms with van der Waals surface area (Å²) in [5.74, 6) is 1.65. The van der Waals surface area contributed by atoms with E-state index in [0.717, 1.165) is 25.9 Å². The van der Waals surface area contributed by atoms with E-state index >= 15 is 0 Å². The number of hydrogen-bond acceptors (Lipinski definition) is 5. The van der Waals surface area contributed by atoms with Gasteiger partial charge in [0.05, 0.1) is 0 Å². The van der Waals surface area contributed by atoms with Crippen molar-refractivity contribution in [3.63, 3.8) is 0 Å². The Morgan fingerprint density at radius 2 is 1.64 bits per heavy atom. The molecule has 25 heavy (non-hydrogen) atoms. The SMILES string of the molecule is O=C(c1ccc2c(c1)OCO2)N1CCN(C(=O)C2CCNCC2)CC1. The number of ether oxygens (including phenoxy) is 2. The summed E-state index contributed by atoms with van der Waals surface area (Å²) in [4.78, 5) is 29.0. The minimum absolute atomic E-state index is 0.0211. The van der Waals surface area contributed by atoms with E-state index in [1.165, 1.54) is 0 Å². The van der Waals surface area contributed by atoms with Gasteiger partial charge < -0.3 is 24.6 Å². The van der Waals surface area contributed by atoms with Crippen LogP contribution in [0.25, 0.3) is 0 Å². The molecule has 1 N–H and O–H groups in total. The van der Waals surface area contributed by atoms with Gasteiger partial charge in [0.25, 0.3) is 5.91 Å². The predicted molar refractivity (Wildman–Crippen MR) is 90.6 cm³/mol. The summed E-state index contributed by atoms with van der Waals surface area (Å²) in [6.45, 7) is 4.40. The maximum atomic E-state index is 12.7. The Kier molecular flexibility index (Phi) is 4.48. The fourth-order valence-electron chi connectivity index (χ4n) is 3.67. The zero-order valence-corrected chi connectivity index (χ0v) is 14.2. The number of nitrogens with zero attached hydrogens (tertiary/aromatic N) is 2. The third-order valence-electron chi connectivity index (χ3n) is 5.19. The van der Waals surface area contributed by atoms with Crippen LogP contribution in [0.15, 0.2) is 18.2 Å². The molecule has 134 valence electrons. The summed E-state index contributed by atoms with van der Waals surface area (Å²) < 4.78 is 10.6. The normalized spacial score (nSPS) is 20.6. The number of rotatable bonds is 2. The van der Waals surface area contributed by atoms with E-state index in [4.69, 9.17) is 9.47 Å². The lowest BCUT2D eigenvalue weighted by Gasteiger charge is -2.37. The quantitative estimate of drug-likeness (QED) is 0.854. The first-order valence-electron chi connectivity index (χ1n) is 8.91. The summed E-state index contributed by atoms with van der Waals surface area (Å²) in [5.41, 5.74) is 0.599. The van der Waals surface area contributed by atoms with Gasteiger partial charge in [-0.3, -0.25) is 9.59 Å². The van der Waals surface area contributed by atoms with Gasteiger partial charge in [-0.1, -0.05) is 0 Å². The monoisotopic (exact) mass is 345 g/mol. The van der Waals surface area contributed by atoms with Gasteiger partial charge in [-0.25, -0.2) is 0 Å². The van der Waals surface area contributed by atoms with E-state index in [-0.39, 0.29) is 24.5 Å². The smallest absolute Gasteiger partial charge is 0.254 e. The van der Waals surface area contributed by atoms with Crippen molar-refractivity contribution in [3.8, 4) is 11.5 Å². The molecule has 0 aliphatic carbocycles. The largest absolute Gasteiger partial charge is 0.454 e. The zero-order chi connectivity index (χ0) is 17.2. The topological polar surface area (TPSA) is 71.1 Å². The number of carbonyl (C=O) groups excluding carboxylic acids is 2. The molecule has 0 bridgehead atoms. The van der Waals surface area contributed by atoms with Crippen LogP contribution >= 0.6 is 0 Å². The Bertz CT molecular complexity index is 664. The Morgan fingerprint density at radius 3 is 2.40 bits per heavy atom. The third-order valence-corrected chi connectivity index (χ3v) is 5.19. The number of piperazine rings is 1. The van der Waals surface area contributed by atoms with Crippen molar-refractivity contribution in [2.45, 2.75) is 12.8 Å². The van der Waals surface area contributed by atoms with Crippen LogP contribution in [0, 0.1) is 5.92 Å². The number of benzene rings is 1. The lowest BCUT2D eigenvalue weighted by Crippen LogP contribution is -2.52. The molecule has 1 aromatic rings. The van der Waals surface area contributed by atoms with E-state index in [1.54, 1.807) is 18.2 Å². The van der Waals surface area contributed by atoms with Crippen LogP contribution < -0.4 is 14.8 Å². The summed E-state index contributed by atoms with van der Waals surface area (Å²) in [5, 5.41) is 3.29. The molecule has 3 heterocycles. The highest BCUT2D eigenvalue weighted by Gasteiger charge is 2.30. The molecule has 0 saturated carbocycles. The second-order valence-electron chi connectivity index (χ2n) is 6.71. The van der Waals surface area contributed by atoms with Gasteiger partial charge in [0.15, 0.2) is 11.5 Å². The maximum absolute atomic E-state index is 12.7. The number of nitrogens with one attached hydrogen (secondary N) is 1. The summed E-state index contributed by atoms with van der Waals surface area (Å²) >= 11 is 0. The summed E-state index contributed by atoms with van der Waals surface area (Å²) in [6.07, 6.45) is 1.82. The van der Waals surface area contributed by atoms with Crippen molar-refractivity contribution in [1.29, 1.82) is 0 Å². The molecule has 0 aromatic heterocycles. The Hall–Kier alpha value is -2.28. The fourth-order valence-corrected chi connectivity index (χ4v) is 3.67. The van der Waals surface area contributed by atoms with Gasteiger partial charge in [0.1, 0.15) is 0 Å². The van der Waals surface area contributed by atoms with Crippen LogP contribution in [0.1, 0.15) is 23.2 Å². The summed E-state index contributed by atoms with van der Waals surface area (Å²) in [7, 11) is 0. The Balaban J connectivity index is 1.35. The van der Waals surface area contributed by atoms with Crippen LogP contribution in [0.4, 0.5) is 0 Å². The van der Waals surface area contributed by atoms with Crippen LogP contribution in [0.3, 0.4) is 0 Å². The van der Waals surface area contributed by atoms with E-state index in [2.05, 4.69) is 5.32 Å². The van der Waals surface area contributed by atoms with Crippen LogP contribution in [-0.2, 0) is 4.79 Å². The molecular weight excluding hydrogens is 322 g/mol. The minimum Gasteiger partial charge on any atom is -0.454 e. The first kappa shape index (κ1) is 16.2. The molecule has 0 unspecified atom stereocenters. The molecule has 7 heteroatoms. The van der Waals surface area contributed by atoms with Crippen LogP contribution in [-0.4, -0.2) is 67.7 Å². The van der Waals surface area contributed by atoms with Gasteiger partial charge in [0, 0.05) is 37.7 Å². The minimum atomic E-state index is -0.0211. The van der Waals surface area contributed by atoms with Crippen LogP contribution in [0.2, 0.25) is 0 Å². The molecule has 4 rings (SSSR count). The van der Waals surface area contributed by atoms with E-state index in [9.17, 15) is 9.59 Å². The fraction of sp³-hybridized carbons (Fsp3) is 0.556. The van der Waals surface area contributed by atoms with E-state index in [1.807, 2.05) is 9.80 Å². The Morgan fingerprint density at radius 1 is 0.960 bits per heavy atom.